The van der Waals surface area contributed by atoms with Crippen molar-refractivity contribution in [3.63, 3.8) is 0 Å². The molecule has 0 saturated heterocycles. The van der Waals surface area contributed by atoms with Crippen LogP contribution in [0.4, 0.5) is 4.79 Å². The van der Waals surface area contributed by atoms with Crippen molar-refractivity contribution in [3.05, 3.63) is 23.8 Å². The summed E-state index contributed by atoms with van der Waals surface area (Å²) in [4.78, 5) is 34.9. The van der Waals surface area contributed by atoms with Crippen LogP contribution in [0.2, 0.25) is 0 Å². The number of amides is 3. The molecule has 0 aliphatic heterocycles. The SMILES string of the molecule is CCNC(=O)NC(=O)C(C)OC(=O)/C=C/c1cc(OC)c(OC)c(OC)c1. The van der Waals surface area contributed by atoms with Gasteiger partial charge in [-0.05, 0) is 37.6 Å². The Morgan fingerprint density at radius 3 is 2.15 bits per heavy atom. The first kappa shape index (κ1) is 21.8. The van der Waals surface area contributed by atoms with Gasteiger partial charge < -0.3 is 24.3 Å². The van der Waals surface area contributed by atoms with E-state index in [1.165, 1.54) is 34.3 Å². The summed E-state index contributed by atoms with van der Waals surface area (Å²) in [6, 6.07) is 2.64. The standard InChI is InChI=1S/C18H24N2O7/c1-6-19-18(23)20-17(22)11(2)27-15(21)8-7-12-9-13(24-3)16(26-5)14(10-12)25-4/h7-11H,6H2,1-5H3,(H2,19,20,22,23)/b8-7+. The van der Waals surface area contributed by atoms with Crippen LogP contribution in [0.15, 0.2) is 18.2 Å². The molecule has 0 heterocycles. The molecule has 0 saturated carbocycles. The van der Waals surface area contributed by atoms with Gasteiger partial charge in [-0.25, -0.2) is 9.59 Å². The summed E-state index contributed by atoms with van der Waals surface area (Å²) in [7, 11) is 4.45. The average Bonchev–Trinajstić information content (AvgIpc) is 2.65. The Balaban J connectivity index is 2.78. The number of esters is 1. The van der Waals surface area contributed by atoms with Gasteiger partial charge in [0, 0.05) is 12.6 Å². The second kappa shape index (κ2) is 10.7. The van der Waals surface area contributed by atoms with Crippen LogP contribution in [0, 0.1) is 0 Å². The fourth-order valence-corrected chi connectivity index (χ4v) is 2.05. The molecule has 3 amide bonds. The minimum atomic E-state index is -1.13. The van der Waals surface area contributed by atoms with Gasteiger partial charge in [0.1, 0.15) is 0 Å². The Morgan fingerprint density at radius 1 is 1.07 bits per heavy atom. The van der Waals surface area contributed by atoms with E-state index in [9.17, 15) is 14.4 Å². The zero-order valence-electron chi connectivity index (χ0n) is 16.0. The van der Waals surface area contributed by atoms with Crippen molar-refractivity contribution in [2.75, 3.05) is 27.9 Å². The number of nitrogens with one attached hydrogen (secondary N) is 2. The van der Waals surface area contributed by atoms with Gasteiger partial charge in [-0.15, -0.1) is 0 Å². The number of carbonyl (C=O) groups excluding carboxylic acids is 3. The van der Waals surface area contributed by atoms with E-state index >= 15 is 0 Å². The molecule has 1 atom stereocenters. The number of hydrogen-bond donors (Lipinski definition) is 2. The summed E-state index contributed by atoms with van der Waals surface area (Å²) in [5, 5.41) is 4.47. The van der Waals surface area contributed by atoms with Crippen LogP contribution in [0.1, 0.15) is 19.4 Å². The molecular formula is C18H24N2O7. The number of benzene rings is 1. The van der Waals surface area contributed by atoms with E-state index in [1.54, 1.807) is 19.1 Å². The van der Waals surface area contributed by atoms with Gasteiger partial charge in [-0.2, -0.15) is 0 Å². The van der Waals surface area contributed by atoms with Crippen molar-refractivity contribution in [2.45, 2.75) is 20.0 Å². The van der Waals surface area contributed by atoms with Gasteiger partial charge in [0.15, 0.2) is 17.6 Å². The van der Waals surface area contributed by atoms with E-state index in [-0.39, 0.29) is 0 Å². The fraction of sp³-hybridized carbons (Fsp3) is 0.389. The number of methoxy groups -OCH3 is 3. The largest absolute Gasteiger partial charge is 0.493 e. The third-order valence-corrected chi connectivity index (χ3v) is 3.34. The molecule has 1 aromatic rings. The number of ether oxygens (including phenoxy) is 4. The van der Waals surface area contributed by atoms with E-state index in [4.69, 9.17) is 18.9 Å². The maximum atomic E-state index is 11.9. The summed E-state index contributed by atoms with van der Waals surface area (Å²) in [6.07, 6.45) is 1.49. The van der Waals surface area contributed by atoms with Crippen LogP contribution < -0.4 is 24.8 Å². The summed E-state index contributed by atoms with van der Waals surface area (Å²) >= 11 is 0. The third kappa shape index (κ3) is 6.53. The molecule has 1 unspecified atom stereocenters. The van der Waals surface area contributed by atoms with Gasteiger partial charge in [-0.3, -0.25) is 10.1 Å². The average molecular weight is 380 g/mol. The first-order chi connectivity index (χ1) is 12.9. The maximum absolute atomic E-state index is 11.9. The van der Waals surface area contributed by atoms with Crippen molar-refractivity contribution in [1.29, 1.82) is 0 Å². The molecule has 27 heavy (non-hydrogen) atoms. The van der Waals surface area contributed by atoms with Crippen molar-refractivity contribution < 1.29 is 33.3 Å². The Hall–Kier alpha value is -3.23. The molecule has 0 aliphatic carbocycles. The van der Waals surface area contributed by atoms with E-state index in [0.29, 0.717) is 29.4 Å². The van der Waals surface area contributed by atoms with E-state index in [1.807, 2.05) is 0 Å². The summed E-state index contributed by atoms with van der Waals surface area (Å²) in [5.41, 5.74) is 0.598. The highest BCUT2D eigenvalue weighted by atomic mass is 16.5. The van der Waals surface area contributed by atoms with Gasteiger partial charge in [0.25, 0.3) is 5.91 Å². The zero-order valence-corrected chi connectivity index (χ0v) is 16.0. The normalized spacial score (nSPS) is 11.4. The monoisotopic (exact) mass is 380 g/mol. The molecule has 0 fully saturated rings. The molecule has 0 radical (unpaired) electrons. The Labute approximate surface area is 157 Å². The topological polar surface area (TPSA) is 112 Å². The van der Waals surface area contributed by atoms with Crippen LogP contribution >= 0.6 is 0 Å². The number of urea groups is 1. The molecular weight excluding hydrogens is 356 g/mol. The first-order valence-electron chi connectivity index (χ1n) is 8.13. The lowest BCUT2D eigenvalue weighted by molar-refractivity contribution is -0.149. The lowest BCUT2D eigenvalue weighted by Crippen LogP contribution is -2.44. The Bertz CT molecular complexity index is 691. The molecule has 0 bridgehead atoms. The molecule has 9 heteroatoms. The van der Waals surface area contributed by atoms with Crippen LogP contribution in [0.5, 0.6) is 17.2 Å². The number of carbonyl (C=O) groups is 3. The molecule has 9 nitrogen and oxygen atoms in total. The van der Waals surface area contributed by atoms with Gasteiger partial charge in [-0.1, -0.05) is 0 Å². The van der Waals surface area contributed by atoms with Crippen LogP contribution in [-0.4, -0.2) is 51.9 Å². The molecule has 0 spiro atoms. The number of rotatable bonds is 8. The Morgan fingerprint density at radius 2 is 1.67 bits per heavy atom. The van der Waals surface area contributed by atoms with E-state index < -0.39 is 24.0 Å². The molecule has 148 valence electrons. The quantitative estimate of drug-likeness (QED) is 0.519. The maximum Gasteiger partial charge on any atom is 0.331 e. The third-order valence-electron chi connectivity index (χ3n) is 3.34. The smallest absolute Gasteiger partial charge is 0.331 e. The number of imide groups is 1. The highest BCUT2D eigenvalue weighted by Crippen LogP contribution is 2.38. The van der Waals surface area contributed by atoms with Gasteiger partial charge in [0.2, 0.25) is 5.75 Å². The number of hydrogen-bond acceptors (Lipinski definition) is 7. The van der Waals surface area contributed by atoms with Crippen molar-refractivity contribution in [1.82, 2.24) is 10.6 Å². The highest BCUT2D eigenvalue weighted by molar-refractivity contribution is 5.98. The van der Waals surface area contributed by atoms with E-state index in [2.05, 4.69) is 10.6 Å². The van der Waals surface area contributed by atoms with Crippen molar-refractivity contribution in [3.8, 4) is 17.2 Å². The lowest BCUT2D eigenvalue weighted by atomic mass is 10.1. The predicted octanol–water partition coefficient (Wildman–Crippen LogP) is 1.50. The van der Waals surface area contributed by atoms with Crippen molar-refractivity contribution in [2.24, 2.45) is 0 Å². The molecule has 0 aromatic heterocycles. The molecule has 1 rings (SSSR count). The van der Waals surface area contributed by atoms with Gasteiger partial charge >= 0.3 is 12.0 Å². The second-order valence-electron chi connectivity index (χ2n) is 5.22. The van der Waals surface area contributed by atoms with Crippen molar-refractivity contribution >= 4 is 24.0 Å². The summed E-state index contributed by atoms with van der Waals surface area (Å²) in [5.74, 6) is -0.188. The highest BCUT2D eigenvalue weighted by Gasteiger charge is 2.18. The first-order valence-corrected chi connectivity index (χ1v) is 8.13. The second-order valence-corrected chi connectivity index (χ2v) is 5.22. The lowest BCUT2D eigenvalue weighted by Gasteiger charge is -2.13. The molecule has 2 N–H and O–H groups in total. The molecule has 1 aromatic carbocycles. The predicted molar refractivity (Wildman–Crippen MR) is 97.9 cm³/mol. The Kier molecular flexibility index (Phi) is 8.64. The van der Waals surface area contributed by atoms with Crippen LogP contribution in [0.25, 0.3) is 6.08 Å². The minimum Gasteiger partial charge on any atom is -0.493 e. The summed E-state index contributed by atoms with van der Waals surface area (Å²) in [6.45, 7) is 3.44. The minimum absolute atomic E-state index is 0.366. The van der Waals surface area contributed by atoms with Crippen LogP contribution in [-0.2, 0) is 14.3 Å². The molecule has 0 aliphatic rings. The van der Waals surface area contributed by atoms with Gasteiger partial charge in [0.05, 0.1) is 21.3 Å². The van der Waals surface area contributed by atoms with Crippen LogP contribution in [0.3, 0.4) is 0 Å². The summed E-state index contributed by atoms with van der Waals surface area (Å²) < 4.78 is 20.7. The zero-order chi connectivity index (χ0) is 20.4. The fourth-order valence-electron chi connectivity index (χ4n) is 2.05. The van der Waals surface area contributed by atoms with E-state index in [0.717, 1.165) is 6.08 Å².